The smallest absolute Gasteiger partial charge is 0.490 e. The number of nitrogens with one attached hydrogen (secondary N) is 3. The quantitative estimate of drug-likeness (QED) is 0.0750. The monoisotopic (exact) mass is 789 g/mol. The maximum Gasteiger partial charge on any atom is 0.490 e. The summed E-state index contributed by atoms with van der Waals surface area (Å²) in [4.78, 5) is 33.0. The van der Waals surface area contributed by atoms with Crippen molar-refractivity contribution in [3.8, 4) is 22.6 Å². The lowest BCUT2D eigenvalue weighted by molar-refractivity contribution is -0.193. The van der Waals surface area contributed by atoms with Crippen molar-refractivity contribution in [2.45, 2.75) is 32.0 Å². The van der Waals surface area contributed by atoms with Crippen molar-refractivity contribution in [1.82, 2.24) is 20.4 Å². The number of hydrogen-bond donors (Lipinski definition) is 5. The first-order chi connectivity index (χ1) is 26.5. The van der Waals surface area contributed by atoms with Crippen LogP contribution in [-0.4, -0.2) is 75.9 Å². The molecule has 0 spiro atoms. The van der Waals surface area contributed by atoms with Crippen LogP contribution in [0.5, 0.6) is 11.5 Å². The molecule has 0 unspecified atom stereocenters. The maximum atomic E-state index is 12.9. The number of H-pyrrole nitrogens is 1. The van der Waals surface area contributed by atoms with Gasteiger partial charge in [0.05, 0.1) is 19.0 Å². The van der Waals surface area contributed by atoms with Gasteiger partial charge in [0.2, 0.25) is 0 Å². The highest BCUT2D eigenvalue weighted by Crippen LogP contribution is 2.31. The molecule has 0 aliphatic rings. The largest absolute Gasteiger partial charge is 0.497 e. The fourth-order valence-electron chi connectivity index (χ4n) is 4.65. The molecule has 0 radical (unpaired) electrons. The average Bonchev–Trinajstić information content (AvgIpc) is 3.71. The van der Waals surface area contributed by atoms with Gasteiger partial charge in [0.15, 0.2) is 0 Å². The highest BCUT2D eigenvalue weighted by atomic mass is 19.4. The number of carboxylic acid groups (broad SMARTS) is 2. The molecule has 0 saturated heterocycles. The Morgan fingerprint density at radius 2 is 1.30 bits per heavy atom. The fraction of sp³-hybridized carbons (Fsp3) is 0.211. The third-order valence-electron chi connectivity index (χ3n) is 7.30. The molecule has 0 saturated carbocycles. The van der Waals surface area contributed by atoms with Gasteiger partial charge in [-0.05, 0) is 46.5 Å². The number of hydrogen-bond acceptors (Lipinski definition) is 7. The number of carbonyl (C=O) groups is 3. The van der Waals surface area contributed by atoms with Crippen molar-refractivity contribution in [2.24, 2.45) is 0 Å². The first-order valence-corrected chi connectivity index (χ1v) is 16.4. The molecule has 0 fully saturated rings. The van der Waals surface area contributed by atoms with Gasteiger partial charge in [0.25, 0.3) is 0 Å². The number of aliphatic carboxylic acids is 2. The molecule has 0 aliphatic heterocycles. The van der Waals surface area contributed by atoms with E-state index in [0.29, 0.717) is 31.1 Å². The number of nitrogens with zero attached hydrogens (tertiary/aromatic N) is 2. The molecule has 12 nitrogen and oxygen atoms in total. The Hall–Kier alpha value is -6.56. The normalized spacial score (nSPS) is 10.9. The van der Waals surface area contributed by atoms with Gasteiger partial charge in [-0.15, -0.1) is 0 Å². The van der Waals surface area contributed by atoms with E-state index in [9.17, 15) is 31.1 Å². The Balaban J connectivity index is 0.000000512. The van der Waals surface area contributed by atoms with Crippen molar-refractivity contribution in [1.29, 1.82) is 0 Å². The number of amides is 2. The molecule has 56 heavy (non-hydrogen) atoms. The average molecular weight is 790 g/mol. The Morgan fingerprint density at radius 1 is 0.750 bits per heavy atom. The lowest BCUT2D eigenvalue weighted by Gasteiger charge is -2.23. The Morgan fingerprint density at radius 3 is 1.80 bits per heavy atom. The van der Waals surface area contributed by atoms with Gasteiger partial charge in [-0.3, -0.25) is 10.00 Å². The van der Waals surface area contributed by atoms with E-state index in [0.717, 1.165) is 35.5 Å². The molecule has 0 atom stereocenters. The van der Waals surface area contributed by atoms with Crippen LogP contribution in [0.3, 0.4) is 0 Å². The van der Waals surface area contributed by atoms with Gasteiger partial charge in [-0.2, -0.15) is 31.4 Å². The number of aromatic nitrogens is 2. The summed E-state index contributed by atoms with van der Waals surface area (Å²) < 4.78 is 75.1. The zero-order chi connectivity index (χ0) is 41.1. The topological polar surface area (TPSA) is 166 Å². The molecule has 18 heteroatoms. The van der Waals surface area contributed by atoms with Crippen molar-refractivity contribution < 1.29 is 60.4 Å². The minimum Gasteiger partial charge on any atom is -0.497 e. The highest BCUT2D eigenvalue weighted by molar-refractivity contribution is 5.91. The van der Waals surface area contributed by atoms with Crippen molar-refractivity contribution >= 4 is 23.7 Å². The van der Waals surface area contributed by atoms with Gasteiger partial charge in [0, 0.05) is 37.9 Å². The molecule has 2 amide bonds. The number of anilines is 1. The first kappa shape index (κ1) is 43.8. The number of halogens is 6. The number of carboxylic acids is 2. The summed E-state index contributed by atoms with van der Waals surface area (Å²) in [5.74, 6) is -4.18. The molecule has 1 heterocycles. The van der Waals surface area contributed by atoms with E-state index in [2.05, 4.69) is 74.3 Å². The Labute approximate surface area is 316 Å². The van der Waals surface area contributed by atoms with Gasteiger partial charge in [0.1, 0.15) is 18.1 Å². The van der Waals surface area contributed by atoms with Crippen LogP contribution in [0.15, 0.2) is 116 Å². The van der Waals surface area contributed by atoms with Crippen LogP contribution in [0.4, 0.5) is 36.8 Å². The number of methoxy groups -OCH3 is 1. The van der Waals surface area contributed by atoms with E-state index < -0.39 is 24.3 Å². The summed E-state index contributed by atoms with van der Waals surface area (Å²) in [6, 6.07) is 33.9. The number of aromatic amines is 1. The zero-order valence-corrected chi connectivity index (χ0v) is 29.6. The number of benzene rings is 4. The number of rotatable bonds is 13. The van der Waals surface area contributed by atoms with Crippen molar-refractivity contribution in [2.75, 3.05) is 25.6 Å². The van der Waals surface area contributed by atoms with E-state index in [1.807, 2.05) is 60.8 Å². The Kier molecular flexibility index (Phi) is 16.7. The first-order valence-electron chi connectivity index (χ1n) is 16.4. The number of ether oxygens (including phenoxy) is 2. The second-order valence-corrected chi connectivity index (χ2v) is 11.5. The molecule has 298 valence electrons. The number of urea groups is 1. The van der Waals surface area contributed by atoms with Gasteiger partial charge >= 0.3 is 30.3 Å². The molecule has 5 rings (SSSR count). The van der Waals surface area contributed by atoms with E-state index in [4.69, 9.17) is 29.3 Å². The molecule has 1 aromatic heterocycles. The summed E-state index contributed by atoms with van der Waals surface area (Å²) in [7, 11) is 1.62. The summed E-state index contributed by atoms with van der Waals surface area (Å²) in [5, 5.41) is 27.0. The highest BCUT2D eigenvalue weighted by Gasteiger charge is 2.38. The van der Waals surface area contributed by atoms with Crippen molar-refractivity contribution in [3.05, 3.63) is 132 Å². The molecular weight excluding hydrogens is 752 g/mol. The maximum absolute atomic E-state index is 12.9. The fourth-order valence-corrected chi connectivity index (χ4v) is 4.65. The van der Waals surface area contributed by atoms with Gasteiger partial charge in [-0.1, -0.05) is 78.9 Å². The SMILES string of the molecule is COc1cccc(CNC(=O)Nc2ccc(-c3cn[nH]c3)cc2OCCN(Cc2ccccc2)Cc2ccccc2)c1.O=C(O)C(F)(F)F.O=C(O)C(F)(F)F. The third kappa shape index (κ3) is 15.8. The van der Waals surface area contributed by atoms with Crippen LogP contribution in [-0.2, 0) is 29.2 Å². The predicted molar refractivity (Wildman–Crippen MR) is 193 cm³/mol. The van der Waals surface area contributed by atoms with E-state index in [-0.39, 0.29) is 6.03 Å². The zero-order valence-electron chi connectivity index (χ0n) is 29.6. The second-order valence-electron chi connectivity index (χ2n) is 11.5. The number of alkyl halides is 6. The van der Waals surface area contributed by atoms with Gasteiger partial charge in [-0.25, -0.2) is 14.4 Å². The van der Waals surface area contributed by atoms with Crippen LogP contribution in [0, 0.1) is 0 Å². The van der Waals surface area contributed by atoms with E-state index in [1.165, 1.54) is 11.1 Å². The Bertz CT molecular complexity index is 1900. The van der Waals surface area contributed by atoms with E-state index in [1.54, 1.807) is 13.3 Å². The van der Waals surface area contributed by atoms with Crippen molar-refractivity contribution in [3.63, 3.8) is 0 Å². The molecule has 0 bridgehead atoms. The lowest BCUT2D eigenvalue weighted by Crippen LogP contribution is -2.29. The van der Waals surface area contributed by atoms with Crippen LogP contribution in [0.25, 0.3) is 11.1 Å². The minimum absolute atomic E-state index is 0.325. The van der Waals surface area contributed by atoms with Crippen LogP contribution < -0.4 is 20.1 Å². The van der Waals surface area contributed by atoms with Crippen LogP contribution in [0.1, 0.15) is 16.7 Å². The molecule has 0 aliphatic carbocycles. The lowest BCUT2D eigenvalue weighted by atomic mass is 10.1. The molecule has 4 aromatic carbocycles. The van der Waals surface area contributed by atoms with Gasteiger partial charge < -0.3 is 30.3 Å². The summed E-state index contributed by atoms with van der Waals surface area (Å²) in [5.41, 5.74) is 5.88. The third-order valence-corrected chi connectivity index (χ3v) is 7.30. The minimum atomic E-state index is -5.08. The van der Waals surface area contributed by atoms with E-state index >= 15 is 0 Å². The summed E-state index contributed by atoms with van der Waals surface area (Å²) in [6.07, 6.45) is -6.58. The number of carbonyl (C=O) groups excluding carboxylic acids is 1. The summed E-state index contributed by atoms with van der Waals surface area (Å²) >= 11 is 0. The molecular formula is C38H37F6N5O7. The van der Waals surface area contributed by atoms with Crippen LogP contribution >= 0.6 is 0 Å². The second kappa shape index (κ2) is 21.4. The predicted octanol–water partition coefficient (Wildman–Crippen LogP) is 7.75. The standard InChI is InChI=1S/C34H35N5O3.2C2HF3O2/c1-41-31-14-8-13-28(19-31)21-35-34(40)38-32-16-15-29(30-22-36-37-23-30)20-33(32)42-18-17-39(24-26-9-4-2-5-10-26)25-27-11-6-3-7-12-27;2*3-2(4,5)1(6)7/h2-16,19-20,22-23H,17-18,21,24-25H2,1H3,(H,36,37)(H2,35,38,40);2*(H,6,7). The summed E-state index contributed by atoms with van der Waals surface area (Å²) in [6.45, 7) is 3.09. The molecule has 5 N–H and O–H groups in total. The van der Waals surface area contributed by atoms with Crippen LogP contribution in [0.2, 0.25) is 0 Å². The molecule has 5 aromatic rings.